The molecule has 0 unspecified atom stereocenters. The van der Waals surface area contributed by atoms with Gasteiger partial charge < -0.3 is 5.32 Å². The van der Waals surface area contributed by atoms with Crippen LogP contribution in [0.5, 0.6) is 0 Å². The second kappa shape index (κ2) is 7.27. The molecule has 0 aliphatic rings. The van der Waals surface area contributed by atoms with Gasteiger partial charge in [-0.25, -0.2) is 0 Å². The average molecular weight is 232 g/mol. The highest BCUT2D eigenvalue weighted by Crippen LogP contribution is 2.18. The van der Waals surface area contributed by atoms with E-state index in [1.807, 2.05) is 11.4 Å². The van der Waals surface area contributed by atoms with E-state index in [0.717, 1.165) is 18.1 Å². The second-order valence-corrected chi connectivity index (χ2v) is 4.90. The van der Waals surface area contributed by atoms with Gasteiger partial charge in [-0.05, 0) is 19.0 Å². The number of halogens is 1. The van der Waals surface area contributed by atoms with Crippen LogP contribution in [0.1, 0.15) is 37.5 Å². The lowest BCUT2D eigenvalue weighted by Gasteiger charge is -2.01. The molecule has 0 fully saturated rings. The molecule has 1 aromatic rings. The molecule has 0 saturated carbocycles. The lowest BCUT2D eigenvalue weighted by molar-refractivity contribution is 0.600. The summed E-state index contributed by atoms with van der Waals surface area (Å²) in [6, 6.07) is 2.03. The van der Waals surface area contributed by atoms with Gasteiger partial charge >= 0.3 is 0 Å². The molecule has 0 aliphatic carbocycles. The van der Waals surface area contributed by atoms with Crippen LogP contribution >= 0.6 is 22.9 Å². The molecule has 0 radical (unpaired) electrons. The lowest BCUT2D eigenvalue weighted by atomic mass is 10.2. The summed E-state index contributed by atoms with van der Waals surface area (Å²) < 4.78 is 0. The molecule has 1 N–H and O–H groups in total. The monoisotopic (exact) mass is 231 g/mol. The first kappa shape index (κ1) is 12.0. The van der Waals surface area contributed by atoms with Gasteiger partial charge in [0.2, 0.25) is 0 Å². The Morgan fingerprint density at radius 3 is 2.86 bits per heavy atom. The highest BCUT2D eigenvalue weighted by molar-refractivity contribution is 7.10. The van der Waals surface area contributed by atoms with E-state index in [1.54, 1.807) is 11.3 Å². The third kappa shape index (κ3) is 4.99. The van der Waals surface area contributed by atoms with E-state index >= 15 is 0 Å². The van der Waals surface area contributed by atoms with Crippen LogP contribution in [0, 0.1) is 0 Å². The first-order chi connectivity index (χ1) is 6.83. The summed E-state index contributed by atoms with van der Waals surface area (Å²) in [5.74, 6) is 0. The zero-order chi connectivity index (χ0) is 10.2. The molecule has 0 spiro atoms. The van der Waals surface area contributed by atoms with E-state index in [-0.39, 0.29) is 0 Å². The third-order valence-electron chi connectivity index (χ3n) is 2.13. The predicted octanol–water partition coefficient (Wildman–Crippen LogP) is 4.07. The van der Waals surface area contributed by atoms with Crippen LogP contribution in [0.3, 0.4) is 0 Å². The Hall–Kier alpha value is -0.0500. The van der Waals surface area contributed by atoms with Gasteiger partial charge in [-0.1, -0.05) is 37.8 Å². The Labute approximate surface area is 95.5 Å². The van der Waals surface area contributed by atoms with Crippen molar-refractivity contribution in [1.82, 2.24) is 5.32 Å². The number of rotatable bonds is 7. The quantitative estimate of drug-likeness (QED) is 0.698. The summed E-state index contributed by atoms with van der Waals surface area (Å²) in [7, 11) is 0. The molecular weight excluding hydrogens is 214 g/mol. The molecule has 0 aliphatic heterocycles. The van der Waals surface area contributed by atoms with Crippen molar-refractivity contribution < 1.29 is 0 Å². The summed E-state index contributed by atoms with van der Waals surface area (Å²) in [5.41, 5.74) is 0. The minimum Gasteiger partial charge on any atom is -0.312 e. The summed E-state index contributed by atoms with van der Waals surface area (Å²) in [5, 5.41) is 6.27. The molecule has 1 heterocycles. The molecule has 0 aromatic carbocycles. The largest absolute Gasteiger partial charge is 0.312 e. The molecule has 3 heteroatoms. The fourth-order valence-corrected chi connectivity index (χ4v) is 2.38. The second-order valence-electron chi connectivity index (χ2n) is 3.47. The highest BCUT2D eigenvalue weighted by Gasteiger charge is 1.96. The maximum atomic E-state index is 5.82. The molecule has 80 valence electrons. The number of hydrogen-bond donors (Lipinski definition) is 1. The predicted molar refractivity (Wildman–Crippen MR) is 65.2 cm³/mol. The van der Waals surface area contributed by atoms with E-state index in [2.05, 4.69) is 12.2 Å². The van der Waals surface area contributed by atoms with Gasteiger partial charge in [-0.2, -0.15) is 0 Å². The van der Waals surface area contributed by atoms with Crippen LogP contribution in [-0.4, -0.2) is 6.54 Å². The maximum Gasteiger partial charge on any atom is 0.0516 e. The summed E-state index contributed by atoms with van der Waals surface area (Å²) in [6.07, 6.45) is 5.29. The number of hydrogen-bond acceptors (Lipinski definition) is 2. The first-order valence-corrected chi connectivity index (χ1v) is 6.52. The van der Waals surface area contributed by atoms with Crippen LogP contribution in [0.2, 0.25) is 5.02 Å². The first-order valence-electron chi connectivity index (χ1n) is 5.26. The van der Waals surface area contributed by atoms with E-state index in [9.17, 15) is 0 Å². The van der Waals surface area contributed by atoms with Crippen molar-refractivity contribution in [1.29, 1.82) is 0 Å². The molecule has 1 rings (SSSR count). The van der Waals surface area contributed by atoms with Gasteiger partial charge in [-0.3, -0.25) is 0 Å². The molecular formula is C11H18ClNS. The minimum absolute atomic E-state index is 0.859. The number of unbranched alkanes of at least 4 members (excludes halogenated alkanes) is 3. The summed E-state index contributed by atoms with van der Waals surface area (Å²) in [4.78, 5) is 1.32. The molecule has 0 atom stereocenters. The van der Waals surface area contributed by atoms with Crippen molar-refractivity contribution in [2.24, 2.45) is 0 Å². The molecule has 1 aromatic heterocycles. The Kier molecular flexibility index (Phi) is 6.24. The van der Waals surface area contributed by atoms with Crippen molar-refractivity contribution in [3.63, 3.8) is 0 Å². The molecule has 0 saturated heterocycles. The van der Waals surface area contributed by atoms with Crippen molar-refractivity contribution in [3.8, 4) is 0 Å². The van der Waals surface area contributed by atoms with Crippen LogP contribution in [0.4, 0.5) is 0 Å². The Morgan fingerprint density at radius 1 is 1.36 bits per heavy atom. The maximum absolute atomic E-state index is 5.82. The molecule has 14 heavy (non-hydrogen) atoms. The van der Waals surface area contributed by atoms with E-state index in [4.69, 9.17) is 11.6 Å². The fraction of sp³-hybridized carbons (Fsp3) is 0.636. The van der Waals surface area contributed by atoms with Gasteiger partial charge in [-0.15, -0.1) is 11.3 Å². The SMILES string of the molecule is CCCCCCNCc1cc(Cl)cs1. The summed E-state index contributed by atoms with van der Waals surface area (Å²) in [6.45, 7) is 4.32. The number of thiophene rings is 1. The Bertz CT molecular complexity index is 247. The zero-order valence-corrected chi connectivity index (χ0v) is 10.3. The van der Waals surface area contributed by atoms with Crippen LogP contribution < -0.4 is 5.32 Å². The third-order valence-corrected chi connectivity index (χ3v) is 3.41. The van der Waals surface area contributed by atoms with Crippen molar-refractivity contribution in [2.75, 3.05) is 6.54 Å². The fourth-order valence-electron chi connectivity index (χ4n) is 1.33. The van der Waals surface area contributed by atoms with Gasteiger partial charge in [0.05, 0.1) is 5.02 Å². The topological polar surface area (TPSA) is 12.0 Å². The van der Waals surface area contributed by atoms with E-state index < -0.39 is 0 Å². The smallest absolute Gasteiger partial charge is 0.0516 e. The van der Waals surface area contributed by atoms with Gasteiger partial charge in [0, 0.05) is 16.8 Å². The van der Waals surface area contributed by atoms with E-state index in [1.165, 1.54) is 30.6 Å². The summed E-state index contributed by atoms with van der Waals surface area (Å²) >= 11 is 7.55. The molecule has 1 nitrogen and oxygen atoms in total. The normalized spacial score (nSPS) is 10.7. The zero-order valence-electron chi connectivity index (χ0n) is 8.68. The lowest BCUT2D eigenvalue weighted by Crippen LogP contribution is -2.13. The molecule has 0 amide bonds. The van der Waals surface area contributed by atoms with Crippen LogP contribution in [0.15, 0.2) is 11.4 Å². The Morgan fingerprint density at radius 2 is 2.21 bits per heavy atom. The van der Waals surface area contributed by atoms with Gasteiger partial charge in [0.15, 0.2) is 0 Å². The van der Waals surface area contributed by atoms with E-state index in [0.29, 0.717) is 0 Å². The van der Waals surface area contributed by atoms with Crippen LogP contribution in [-0.2, 0) is 6.54 Å². The number of nitrogens with one attached hydrogen (secondary N) is 1. The van der Waals surface area contributed by atoms with Crippen LogP contribution in [0.25, 0.3) is 0 Å². The highest BCUT2D eigenvalue weighted by atomic mass is 35.5. The average Bonchev–Trinajstić information content (AvgIpc) is 2.58. The van der Waals surface area contributed by atoms with Gasteiger partial charge in [0.1, 0.15) is 0 Å². The Balaban J connectivity index is 1.99. The van der Waals surface area contributed by atoms with Crippen molar-refractivity contribution >= 4 is 22.9 Å². The molecule has 0 bridgehead atoms. The van der Waals surface area contributed by atoms with Gasteiger partial charge in [0.25, 0.3) is 0 Å². The minimum atomic E-state index is 0.859. The van der Waals surface area contributed by atoms with Crippen molar-refractivity contribution in [3.05, 3.63) is 21.3 Å². The standard InChI is InChI=1S/C11H18ClNS/c1-2-3-4-5-6-13-8-11-7-10(12)9-14-11/h7,9,13H,2-6,8H2,1H3. The van der Waals surface area contributed by atoms with Crippen molar-refractivity contribution in [2.45, 2.75) is 39.2 Å².